The Kier molecular flexibility index (Phi) is 5.68. The second-order valence-corrected chi connectivity index (χ2v) is 6.75. The van der Waals surface area contributed by atoms with Gasteiger partial charge in [-0.1, -0.05) is 24.3 Å². The molecule has 0 fully saturated rings. The molecular formula is C22H20NO6-. The molecule has 0 unspecified atom stereocenters. The lowest BCUT2D eigenvalue weighted by atomic mass is 9.92. The molecule has 2 aromatic carbocycles. The van der Waals surface area contributed by atoms with Crippen molar-refractivity contribution >= 4 is 29.4 Å². The van der Waals surface area contributed by atoms with Crippen molar-refractivity contribution in [2.24, 2.45) is 0 Å². The maximum absolute atomic E-state index is 12.9. The monoisotopic (exact) mass is 394 g/mol. The second-order valence-electron chi connectivity index (χ2n) is 6.75. The van der Waals surface area contributed by atoms with E-state index in [0.717, 1.165) is 0 Å². The fraction of sp³-hybridized carbons (Fsp3) is 0.227. The van der Waals surface area contributed by atoms with Gasteiger partial charge in [0, 0.05) is 11.1 Å². The first-order valence-corrected chi connectivity index (χ1v) is 9.03. The molecular weight excluding hydrogens is 374 g/mol. The molecule has 0 spiro atoms. The highest BCUT2D eigenvalue weighted by Crippen LogP contribution is 2.33. The van der Waals surface area contributed by atoms with Gasteiger partial charge in [-0.3, -0.25) is 14.5 Å². The smallest absolute Gasteiger partial charge is 0.261 e. The largest absolute Gasteiger partial charge is 0.548 e. The van der Waals surface area contributed by atoms with E-state index in [0.29, 0.717) is 27.5 Å². The summed E-state index contributed by atoms with van der Waals surface area (Å²) in [7, 11) is 1.51. The summed E-state index contributed by atoms with van der Waals surface area (Å²) in [4.78, 5) is 37.2. The van der Waals surface area contributed by atoms with Crippen LogP contribution < -0.4 is 14.6 Å². The summed E-state index contributed by atoms with van der Waals surface area (Å²) in [6.45, 7) is 2.99. The van der Waals surface area contributed by atoms with Gasteiger partial charge in [-0.05, 0) is 49.2 Å². The summed E-state index contributed by atoms with van der Waals surface area (Å²) in [5, 5.41) is 11.0. The summed E-state index contributed by atoms with van der Waals surface area (Å²) in [6.07, 6.45) is 1.56. The standard InChI is InChI=1S/C22H21NO6/c1-13(2)29-18-9-8-14(11-19(18)28-3)10-17-15-6-4-5-7-16(15)21(26)23(22(17)27)12-20(24)25/h4-11,13H,12H2,1-3H3,(H,24,25)/p-1/b17-10-. The first kappa shape index (κ1) is 20.1. The Morgan fingerprint density at radius 3 is 2.38 bits per heavy atom. The van der Waals surface area contributed by atoms with Crippen LogP contribution in [0.3, 0.4) is 0 Å². The highest BCUT2D eigenvalue weighted by molar-refractivity contribution is 6.34. The van der Waals surface area contributed by atoms with Crippen molar-refractivity contribution in [3.05, 3.63) is 59.2 Å². The molecule has 0 aromatic heterocycles. The van der Waals surface area contributed by atoms with Gasteiger partial charge in [-0.25, -0.2) is 0 Å². The zero-order chi connectivity index (χ0) is 21.1. The molecule has 7 nitrogen and oxygen atoms in total. The quantitative estimate of drug-likeness (QED) is 0.547. The van der Waals surface area contributed by atoms with Crippen molar-refractivity contribution in [1.82, 2.24) is 4.90 Å². The molecule has 3 rings (SSSR count). The maximum Gasteiger partial charge on any atom is 0.261 e. The summed E-state index contributed by atoms with van der Waals surface area (Å²) >= 11 is 0. The van der Waals surface area contributed by atoms with E-state index < -0.39 is 24.3 Å². The van der Waals surface area contributed by atoms with E-state index in [1.165, 1.54) is 7.11 Å². The van der Waals surface area contributed by atoms with Crippen LogP contribution in [-0.2, 0) is 9.59 Å². The summed E-state index contributed by atoms with van der Waals surface area (Å²) in [6, 6.07) is 11.8. The van der Waals surface area contributed by atoms with Crippen molar-refractivity contribution < 1.29 is 29.0 Å². The lowest BCUT2D eigenvalue weighted by Crippen LogP contribution is -2.47. The van der Waals surface area contributed by atoms with E-state index in [-0.39, 0.29) is 17.2 Å². The van der Waals surface area contributed by atoms with Crippen molar-refractivity contribution in [3.63, 3.8) is 0 Å². The number of fused-ring (bicyclic) bond motifs is 1. The topological polar surface area (TPSA) is 96.0 Å². The number of benzene rings is 2. The van der Waals surface area contributed by atoms with Gasteiger partial charge < -0.3 is 19.4 Å². The van der Waals surface area contributed by atoms with Crippen LogP contribution in [-0.4, -0.2) is 42.4 Å². The van der Waals surface area contributed by atoms with Crippen LogP contribution in [0.25, 0.3) is 11.6 Å². The highest BCUT2D eigenvalue weighted by Gasteiger charge is 2.34. The van der Waals surface area contributed by atoms with E-state index >= 15 is 0 Å². The molecule has 150 valence electrons. The number of rotatable bonds is 6. The van der Waals surface area contributed by atoms with Gasteiger partial charge in [0.15, 0.2) is 11.5 Å². The zero-order valence-electron chi connectivity index (χ0n) is 16.3. The molecule has 0 bridgehead atoms. The third-order valence-corrected chi connectivity index (χ3v) is 4.32. The number of nitrogens with zero attached hydrogens (tertiary/aromatic N) is 1. The summed E-state index contributed by atoms with van der Waals surface area (Å²) in [5.41, 5.74) is 1.55. The molecule has 1 aliphatic rings. The average Bonchev–Trinajstić information content (AvgIpc) is 2.69. The van der Waals surface area contributed by atoms with Gasteiger partial charge in [0.05, 0.1) is 25.7 Å². The number of methoxy groups -OCH3 is 1. The van der Waals surface area contributed by atoms with Gasteiger partial charge in [0.2, 0.25) is 0 Å². The normalized spacial score (nSPS) is 14.9. The van der Waals surface area contributed by atoms with Crippen molar-refractivity contribution in [2.75, 3.05) is 13.7 Å². The highest BCUT2D eigenvalue weighted by atomic mass is 16.5. The number of carbonyl (C=O) groups excluding carboxylic acids is 3. The molecule has 1 aliphatic heterocycles. The molecule has 0 radical (unpaired) electrons. The lowest BCUT2D eigenvalue weighted by Gasteiger charge is -2.28. The van der Waals surface area contributed by atoms with E-state index in [1.807, 2.05) is 13.8 Å². The van der Waals surface area contributed by atoms with Gasteiger partial charge >= 0.3 is 0 Å². The van der Waals surface area contributed by atoms with Crippen LogP contribution in [0.4, 0.5) is 0 Å². The first-order valence-electron chi connectivity index (χ1n) is 9.03. The minimum atomic E-state index is -1.51. The molecule has 7 heteroatoms. The fourth-order valence-electron chi connectivity index (χ4n) is 3.11. The van der Waals surface area contributed by atoms with Crippen LogP contribution in [0.15, 0.2) is 42.5 Å². The van der Waals surface area contributed by atoms with Gasteiger partial charge in [-0.2, -0.15) is 0 Å². The number of aliphatic carboxylic acids is 1. The Bertz CT molecular complexity index is 1010. The van der Waals surface area contributed by atoms with E-state index in [9.17, 15) is 19.5 Å². The summed E-state index contributed by atoms with van der Waals surface area (Å²) in [5.74, 6) is -1.81. The van der Waals surface area contributed by atoms with Crippen LogP contribution in [0.1, 0.15) is 35.3 Å². The van der Waals surface area contributed by atoms with Gasteiger partial charge in [-0.15, -0.1) is 0 Å². The first-order chi connectivity index (χ1) is 13.8. The number of carboxylic acids is 1. The Labute approximate surface area is 168 Å². The third-order valence-electron chi connectivity index (χ3n) is 4.32. The van der Waals surface area contributed by atoms with E-state index in [2.05, 4.69) is 0 Å². The molecule has 0 saturated heterocycles. The number of carboxylic acid groups (broad SMARTS) is 1. The van der Waals surface area contributed by atoms with Crippen molar-refractivity contribution in [1.29, 1.82) is 0 Å². The molecule has 1 heterocycles. The molecule has 0 atom stereocenters. The predicted molar refractivity (Wildman–Crippen MR) is 104 cm³/mol. The fourth-order valence-corrected chi connectivity index (χ4v) is 3.11. The maximum atomic E-state index is 12.9. The third kappa shape index (κ3) is 4.13. The molecule has 0 aliphatic carbocycles. The minimum absolute atomic E-state index is 0.0379. The Hall–Kier alpha value is -3.61. The van der Waals surface area contributed by atoms with E-state index in [1.54, 1.807) is 48.5 Å². The SMILES string of the molecule is COc1cc(/C=C2\C(=O)N(CC(=O)[O-])C(=O)c3ccccc32)ccc1OC(C)C. The Morgan fingerprint density at radius 1 is 1.07 bits per heavy atom. The van der Waals surface area contributed by atoms with Crippen molar-refractivity contribution in [3.8, 4) is 11.5 Å². The Morgan fingerprint density at radius 2 is 1.76 bits per heavy atom. The molecule has 29 heavy (non-hydrogen) atoms. The van der Waals surface area contributed by atoms with Gasteiger partial charge in [0.1, 0.15) is 0 Å². The average molecular weight is 394 g/mol. The number of imide groups is 1. The summed E-state index contributed by atoms with van der Waals surface area (Å²) < 4.78 is 11.1. The lowest BCUT2D eigenvalue weighted by molar-refractivity contribution is -0.305. The van der Waals surface area contributed by atoms with Crippen LogP contribution >= 0.6 is 0 Å². The van der Waals surface area contributed by atoms with E-state index in [4.69, 9.17) is 9.47 Å². The molecule has 0 N–H and O–H groups in total. The predicted octanol–water partition coefficient (Wildman–Crippen LogP) is 1.76. The van der Waals surface area contributed by atoms with Crippen LogP contribution in [0.5, 0.6) is 11.5 Å². The zero-order valence-corrected chi connectivity index (χ0v) is 16.3. The van der Waals surface area contributed by atoms with Crippen LogP contribution in [0.2, 0.25) is 0 Å². The number of hydrogen-bond donors (Lipinski definition) is 0. The van der Waals surface area contributed by atoms with Crippen LogP contribution in [0, 0.1) is 0 Å². The molecule has 0 saturated carbocycles. The Balaban J connectivity index is 2.09. The van der Waals surface area contributed by atoms with Gasteiger partial charge in [0.25, 0.3) is 11.8 Å². The number of amides is 2. The second kappa shape index (κ2) is 8.18. The number of hydrogen-bond acceptors (Lipinski definition) is 6. The number of carbonyl (C=O) groups is 3. The van der Waals surface area contributed by atoms with Crippen molar-refractivity contribution in [2.45, 2.75) is 20.0 Å². The minimum Gasteiger partial charge on any atom is -0.548 e. The molecule has 2 aromatic rings. The number of ether oxygens (including phenoxy) is 2. The molecule has 2 amide bonds.